The second-order valence-corrected chi connectivity index (χ2v) is 11.9. The average Bonchev–Trinajstić information content (AvgIpc) is 3.31. The Morgan fingerprint density at radius 2 is 1.79 bits per heavy atom. The maximum Gasteiger partial charge on any atom is 0.249 e. The number of benzene rings is 1. The van der Waals surface area contributed by atoms with Crippen LogP contribution in [-0.2, 0) is 19.1 Å². The van der Waals surface area contributed by atoms with Crippen molar-refractivity contribution in [1.82, 2.24) is 9.80 Å². The Hall–Kier alpha value is -3.17. The quantitative estimate of drug-likeness (QED) is 0.318. The molecule has 228 valence electrons. The molecule has 2 fully saturated rings. The molecule has 0 radical (unpaired) electrons. The molecule has 1 spiro atoms. The molecule has 1 N–H and O–H groups in total. The van der Waals surface area contributed by atoms with E-state index in [1.807, 2.05) is 69.3 Å². The molecule has 9 nitrogen and oxygen atoms in total. The van der Waals surface area contributed by atoms with Crippen LogP contribution in [0.4, 0.5) is 5.69 Å². The van der Waals surface area contributed by atoms with Gasteiger partial charge in [-0.25, -0.2) is 0 Å². The molecule has 0 saturated carbocycles. The summed E-state index contributed by atoms with van der Waals surface area (Å²) in [5, 5.41) is 10.6. The number of unbranched alkanes of at least 4 members (excludes halogenated alkanes) is 2. The molecule has 5 rings (SSSR count). The molecular weight excluding hydrogens is 534 g/mol. The van der Waals surface area contributed by atoms with Gasteiger partial charge in [-0.05, 0) is 43.5 Å². The van der Waals surface area contributed by atoms with E-state index in [1.165, 1.54) is 0 Å². The summed E-state index contributed by atoms with van der Waals surface area (Å²) in [5.41, 5.74) is -0.595. The number of likely N-dealkylation sites (tertiary alicyclic amines) is 1. The predicted octanol–water partition coefficient (Wildman–Crippen LogP) is 3.56. The highest BCUT2D eigenvalue weighted by Gasteiger charge is 2.72. The van der Waals surface area contributed by atoms with Crippen LogP contribution in [-0.4, -0.2) is 89.3 Å². The van der Waals surface area contributed by atoms with Gasteiger partial charge in [0.15, 0.2) is 0 Å². The van der Waals surface area contributed by atoms with Gasteiger partial charge < -0.3 is 29.3 Å². The minimum absolute atomic E-state index is 0.0516. The summed E-state index contributed by atoms with van der Waals surface area (Å²) in [4.78, 5) is 48.4. The number of aliphatic hydroxyl groups is 1. The number of fused-ring (bicyclic) bond motifs is 2. The van der Waals surface area contributed by atoms with E-state index in [4.69, 9.17) is 9.47 Å². The van der Waals surface area contributed by atoms with Crippen molar-refractivity contribution in [3.8, 4) is 5.75 Å². The van der Waals surface area contributed by atoms with Crippen LogP contribution in [0.25, 0.3) is 0 Å². The van der Waals surface area contributed by atoms with Crippen LogP contribution in [0.3, 0.4) is 0 Å². The summed E-state index contributed by atoms with van der Waals surface area (Å²) in [5.74, 6) is -1.71. The second kappa shape index (κ2) is 12.6. The standard InChI is InChI=1S/C33H45N3O6/c1-5-8-9-18-34-19-11-17-33-28(31(39)36(29(33)32(34)40)25(21-37)22(4)6-2)27-26(42-33)12-10-20-35(30(27)38)23-13-15-24(16-14-23)41-7-3/h10-17,22,25-29,37H,5-9,18-21H2,1-4H3/t22-,25-,26+,27-,28-,29?,33-/m0/s1. The molecule has 2 saturated heterocycles. The highest BCUT2D eigenvalue weighted by Crippen LogP contribution is 2.54. The SMILES string of the molecule is CCCCCN1CC=C[C@]23O[C@@H]4C=CCN(c5ccc(OCC)cc5)C(=O)[C@@H]4[C@H]2C(=O)N([C@@H](CO)[C@@H](C)CC)C3C1=O. The number of rotatable bonds is 11. The zero-order chi connectivity index (χ0) is 30.0. The van der Waals surface area contributed by atoms with Crippen molar-refractivity contribution < 1.29 is 29.0 Å². The van der Waals surface area contributed by atoms with E-state index in [-0.39, 0.29) is 30.2 Å². The maximum absolute atomic E-state index is 14.6. The lowest BCUT2D eigenvalue weighted by Crippen LogP contribution is -2.59. The van der Waals surface area contributed by atoms with Gasteiger partial charge in [0, 0.05) is 25.3 Å². The van der Waals surface area contributed by atoms with Crippen LogP contribution in [0.2, 0.25) is 0 Å². The van der Waals surface area contributed by atoms with Gasteiger partial charge in [-0.1, -0.05) is 64.3 Å². The summed E-state index contributed by atoms with van der Waals surface area (Å²) in [6, 6.07) is 5.85. The van der Waals surface area contributed by atoms with Gasteiger partial charge in [0.2, 0.25) is 17.7 Å². The van der Waals surface area contributed by atoms with Crippen LogP contribution in [0, 0.1) is 17.8 Å². The number of amides is 3. The van der Waals surface area contributed by atoms with Crippen molar-refractivity contribution in [2.24, 2.45) is 17.8 Å². The highest BCUT2D eigenvalue weighted by molar-refractivity contribution is 6.04. The third-order valence-corrected chi connectivity index (χ3v) is 9.52. The van der Waals surface area contributed by atoms with Crippen molar-refractivity contribution >= 4 is 23.4 Å². The average molecular weight is 580 g/mol. The molecule has 4 aliphatic rings. The fourth-order valence-corrected chi connectivity index (χ4v) is 7.17. The topological polar surface area (TPSA) is 99.6 Å². The first-order valence-corrected chi connectivity index (χ1v) is 15.6. The van der Waals surface area contributed by atoms with Crippen molar-refractivity contribution in [1.29, 1.82) is 0 Å². The van der Waals surface area contributed by atoms with E-state index in [2.05, 4.69) is 6.92 Å². The minimum Gasteiger partial charge on any atom is -0.494 e. The molecule has 4 aliphatic heterocycles. The molecule has 4 heterocycles. The largest absolute Gasteiger partial charge is 0.494 e. The zero-order valence-electron chi connectivity index (χ0n) is 25.3. The summed E-state index contributed by atoms with van der Waals surface area (Å²) in [6.45, 7) is 9.66. The molecule has 1 aromatic carbocycles. The van der Waals surface area contributed by atoms with E-state index < -0.39 is 35.6 Å². The Morgan fingerprint density at radius 3 is 2.45 bits per heavy atom. The highest BCUT2D eigenvalue weighted by atomic mass is 16.5. The molecule has 0 aliphatic carbocycles. The van der Waals surface area contributed by atoms with Gasteiger partial charge in [0.05, 0.1) is 37.2 Å². The lowest BCUT2D eigenvalue weighted by molar-refractivity contribution is -0.151. The van der Waals surface area contributed by atoms with E-state index in [0.29, 0.717) is 31.9 Å². The predicted molar refractivity (Wildman–Crippen MR) is 160 cm³/mol. The van der Waals surface area contributed by atoms with Crippen LogP contribution in [0.15, 0.2) is 48.6 Å². The number of carbonyl (C=O) groups excluding carboxylic acids is 3. The third-order valence-electron chi connectivity index (χ3n) is 9.52. The van der Waals surface area contributed by atoms with Crippen LogP contribution in [0.1, 0.15) is 53.4 Å². The minimum atomic E-state index is -1.30. The molecular formula is C33H45N3O6. The summed E-state index contributed by atoms with van der Waals surface area (Å²) in [7, 11) is 0. The van der Waals surface area contributed by atoms with Gasteiger partial charge in [0.1, 0.15) is 17.4 Å². The number of aliphatic hydroxyl groups excluding tert-OH is 1. The number of anilines is 1. The normalized spacial score (nSPS) is 30.1. The second-order valence-electron chi connectivity index (χ2n) is 11.9. The van der Waals surface area contributed by atoms with E-state index >= 15 is 0 Å². The third kappa shape index (κ3) is 5.04. The monoisotopic (exact) mass is 579 g/mol. The van der Waals surface area contributed by atoms with Crippen molar-refractivity contribution in [2.45, 2.75) is 77.2 Å². The Morgan fingerprint density at radius 1 is 1.02 bits per heavy atom. The van der Waals surface area contributed by atoms with E-state index in [0.717, 1.165) is 31.4 Å². The summed E-state index contributed by atoms with van der Waals surface area (Å²) >= 11 is 0. The summed E-state index contributed by atoms with van der Waals surface area (Å²) in [6.07, 6.45) is 10.6. The van der Waals surface area contributed by atoms with Gasteiger partial charge in [-0.3, -0.25) is 14.4 Å². The molecule has 7 atom stereocenters. The maximum atomic E-state index is 14.6. The number of ether oxygens (including phenoxy) is 2. The number of hydrogen-bond donors (Lipinski definition) is 1. The van der Waals surface area contributed by atoms with Crippen molar-refractivity contribution in [3.63, 3.8) is 0 Å². The van der Waals surface area contributed by atoms with E-state index in [9.17, 15) is 19.5 Å². The molecule has 42 heavy (non-hydrogen) atoms. The Bertz CT molecular complexity index is 1210. The Balaban J connectivity index is 1.56. The first-order valence-electron chi connectivity index (χ1n) is 15.6. The number of nitrogens with zero attached hydrogens (tertiary/aromatic N) is 3. The van der Waals surface area contributed by atoms with Crippen molar-refractivity contribution in [2.75, 3.05) is 37.7 Å². The van der Waals surface area contributed by atoms with Gasteiger partial charge in [-0.2, -0.15) is 0 Å². The van der Waals surface area contributed by atoms with Crippen LogP contribution < -0.4 is 9.64 Å². The molecule has 0 bridgehead atoms. The fraction of sp³-hybridized carbons (Fsp3) is 0.606. The Kier molecular flexibility index (Phi) is 9.08. The van der Waals surface area contributed by atoms with Gasteiger partial charge >= 0.3 is 0 Å². The van der Waals surface area contributed by atoms with Gasteiger partial charge in [-0.15, -0.1) is 0 Å². The first-order chi connectivity index (χ1) is 20.3. The Labute approximate surface area is 249 Å². The lowest BCUT2D eigenvalue weighted by atomic mass is 9.77. The fourth-order valence-electron chi connectivity index (χ4n) is 7.17. The van der Waals surface area contributed by atoms with Crippen molar-refractivity contribution in [3.05, 3.63) is 48.6 Å². The molecule has 9 heteroatoms. The molecule has 1 aromatic rings. The molecule has 3 amide bonds. The van der Waals surface area contributed by atoms with Gasteiger partial charge in [0.25, 0.3) is 0 Å². The molecule has 1 unspecified atom stereocenters. The first kappa shape index (κ1) is 30.3. The smallest absolute Gasteiger partial charge is 0.249 e. The zero-order valence-corrected chi connectivity index (χ0v) is 25.3. The lowest BCUT2D eigenvalue weighted by Gasteiger charge is -2.40. The van der Waals surface area contributed by atoms with E-state index in [1.54, 1.807) is 14.7 Å². The van der Waals surface area contributed by atoms with Crippen LogP contribution in [0.5, 0.6) is 5.75 Å². The number of hydrogen-bond acceptors (Lipinski definition) is 6. The van der Waals surface area contributed by atoms with Crippen LogP contribution >= 0.6 is 0 Å². The summed E-state index contributed by atoms with van der Waals surface area (Å²) < 4.78 is 12.3. The molecule has 0 aromatic heterocycles. The number of carbonyl (C=O) groups is 3.